The maximum absolute atomic E-state index is 2.23. The molecular formula is C13H20N+. The van der Waals surface area contributed by atoms with Crippen LogP contribution in [0.2, 0.25) is 0 Å². The van der Waals surface area contributed by atoms with Crippen LogP contribution in [0.4, 0.5) is 5.69 Å². The van der Waals surface area contributed by atoms with Crippen LogP contribution in [-0.4, -0.2) is 20.6 Å². The van der Waals surface area contributed by atoms with Crippen LogP contribution in [0.3, 0.4) is 0 Å². The van der Waals surface area contributed by atoms with Crippen molar-refractivity contribution >= 4 is 5.69 Å². The summed E-state index contributed by atoms with van der Waals surface area (Å²) in [6, 6.07) is 8.76. The first kappa shape index (κ1) is 11.0. The molecule has 1 aromatic rings. The highest BCUT2D eigenvalue weighted by Crippen LogP contribution is 2.18. The minimum absolute atomic E-state index is 0.907. The number of nitrogens with zero attached hydrogens (tertiary/aromatic N) is 1. The smallest absolute Gasteiger partial charge is 0.132 e. The SMILES string of the molecule is C/C=C/C[N+](C)(C)c1ccc(C)cc1. The molecule has 0 saturated heterocycles. The Morgan fingerprint density at radius 3 is 2.21 bits per heavy atom. The average molecular weight is 190 g/mol. The number of quaternary nitrogens is 1. The van der Waals surface area contributed by atoms with Gasteiger partial charge in [0.05, 0.1) is 14.1 Å². The zero-order valence-electron chi connectivity index (χ0n) is 9.62. The van der Waals surface area contributed by atoms with Crippen LogP contribution in [0.5, 0.6) is 0 Å². The molecule has 1 rings (SSSR count). The highest BCUT2D eigenvalue weighted by Gasteiger charge is 2.15. The van der Waals surface area contributed by atoms with E-state index < -0.39 is 0 Å². The van der Waals surface area contributed by atoms with Gasteiger partial charge >= 0.3 is 0 Å². The molecule has 0 aliphatic carbocycles. The van der Waals surface area contributed by atoms with E-state index in [1.807, 2.05) is 0 Å². The van der Waals surface area contributed by atoms with Crippen LogP contribution in [0.25, 0.3) is 0 Å². The molecule has 0 spiro atoms. The molecule has 1 heteroatoms. The molecule has 1 nitrogen and oxygen atoms in total. The zero-order chi connectivity index (χ0) is 10.6. The summed E-state index contributed by atoms with van der Waals surface area (Å²) in [5.41, 5.74) is 2.67. The van der Waals surface area contributed by atoms with Gasteiger partial charge in [0.25, 0.3) is 0 Å². The van der Waals surface area contributed by atoms with E-state index in [2.05, 4.69) is 64.4 Å². The van der Waals surface area contributed by atoms with Gasteiger partial charge in [-0.05, 0) is 32.1 Å². The largest absolute Gasteiger partial charge is 0.293 e. The Morgan fingerprint density at radius 2 is 1.71 bits per heavy atom. The Hall–Kier alpha value is -1.08. The van der Waals surface area contributed by atoms with Gasteiger partial charge in [0, 0.05) is 0 Å². The van der Waals surface area contributed by atoms with Gasteiger partial charge in [-0.3, -0.25) is 4.48 Å². The molecule has 0 saturated carbocycles. The molecule has 0 N–H and O–H groups in total. The third kappa shape index (κ3) is 2.71. The van der Waals surface area contributed by atoms with Gasteiger partial charge in [0.2, 0.25) is 0 Å². The first-order valence-corrected chi connectivity index (χ1v) is 5.07. The van der Waals surface area contributed by atoms with Gasteiger partial charge in [-0.25, -0.2) is 0 Å². The van der Waals surface area contributed by atoms with E-state index in [1.165, 1.54) is 11.3 Å². The Balaban J connectivity index is 2.86. The molecule has 0 atom stereocenters. The van der Waals surface area contributed by atoms with E-state index in [0.29, 0.717) is 0 Å². The lowest BCUT2D eigenvalue weighted by Crippen LogP contribution is -2.40. The first-order valence-electron chi connectivity index (χ1n) is 5.07. The van der Waals surface area contributed by atoms with E-state index in [9.17, 15) is 0 Å². The molecule has 0 fully saturated rings. The molecule has 0 aliphatic rings. The summed E-state index contributed by atoms with van der Waals surface area (Å²) in [4.78, 5) is 0. The van der Waals surface area contributed by atoms with Crippen molar-refractivity contribution in [2.75, 3.05) is 20.6 Å². The van der Waals surface area contributed by atoms with Crippen molar-refractivity contribution in [3.8, 4) is 0 Å². The second-order valence-corrected chi connectivity index (χ2v) is 4.27. The second-order valence-electron chi connectivity index (χ2n) is 4.27. The molecule has 0 amide bonds. The highest BCUT2D eigenvalue weighted by atomic mass is 15.3. The summed E-state index contributed by atoms with van der Waals surface area (Å²) in [5, 5.41) is 0. The number of hydrogen-bond acceptors (Lipinski definition) is 0. The van der Waals surface area contributed by atoms with Crippen LogP contribution in [-0.2, 0) is 0 Å². The fraction of sp³-hybridized carbons (Fsp3) is 0.385. The monoisotopic (exact) mass is 190 g/mol. The summed E-state index contributed by atoms with van der Waals surface area (Å²) >= 11 is 0. The van der Waals surface area contributed by atoms with Crippen LogP contribution in [0.15, 0.2) is 36.4 Å². The van der Waals surface area contributed by atoms with Crippen molar-refractivity contribution in [3.05, 3.63) is 42.0 Å². The van der Waals surface area contributed by atoms with E-state index in [1.54, 1.807) is 0 Å². The highest BCUT2D eigenvalue weighted by molar-refractivity contribution is 5.43. The average Bonchev–Trinajstić information content (AvgIpc) is 2.16. The lowest BCUT2D eigenvalue weighted by atomic mass is 10.2. The standard InChI is InChI=1S/C13H20N/c1-5-6-11-14(3,4)13-9-7-12(2)8-10-13/h5-10H,11H2,1-4H3/q+1/b6-5+. The van der Waals surface area contributed by atoms with Crippen LogP contribution >= 0.6 is 0 Å². The molecule has 0 unspecified atom stereocenters. The minimum atomic E-state index is 0.907. The van der Waals surface area contributed by atoms with Crippen LogP contribution in [0, 0.1) is 6.92 Å². The fourth-order valence-electron chi connectivity index (χ4n) is 1.42. The third-order valence-electron chi connectivity index (χ3n) is 2.53. The van der Waals surface area contributed by atoms with E-state index >= 15 is 0 Å². The van der Waals surface area contributed by atoms with Crippen molar-refractivity contribution < 1.29 is 0 Å². The van der Waals surface area contributed by atoms with Gasteiger partial charge in [0.15, 0.2) is 0 Å². The van der Waals surface area contributed by atoms with Gasteiger partial charge < -0.3 is 0 Å². The summed E-state index contributed by atoms with van der Waals surface area (Å²) < 4.78 is 0.907. The van der Waals surface area contributed by atoms with Crippen molar-refractivity contribution in [2.24, 2.45) is 0 Å². The molecule has 0 aliphatic heterocycles. The number of likely N-dealkylation sites (N-methyl/N-ethyl adjacent to an activating group) is 1. The van der Waals surface area contributed by atoms with E-state index in [-0.39, 0.29) is 0 Å². The maximum Gasteiger partial charge on any atom is 0.132 e. The van der Waals surface area contributed by atoms with E-state index in [4.69, 9.17) is 0 Å². The topological polar surface area (TPSA) is 0 Å². The third-order valence-corrected chi connectivity index (χ3v) is 2.53. The molecule has 0 radical (unpaired) electrons. The second kappa shape index (κ2) is 4.43. The summed E-state index contributed by atoms with van der Waals surface area (Å²) in [6.45, 7) is 5.23. The lowest BCUT2D eigenvalue weighted by Gasteiger charge is -2.27. The predicted octanol–water partition coefficient (Wildman–Crippen LogP) is 3.14. The quantitative estimate of drug-likeness (QED) is 0.507. The number of benzene rings is 1. The van der Waals surface area contributed by atoms with Gasteiger partial charge in [-0.2, -0.15) is 0 Å². The van der Waals surface area contributed by atoms with Gasteiger partial charge in [-0.1, -0.05) is 23.8 Å². The Morgan fingerprint density at radius 1 is 1.14 bits per heavy atom. The Labute approximate surface area is 87.3 Å². The number of hydrogen-bond donors (Lipinski definition) is 0. The minimum Gasteiger partial charge on any atom is -0.293 e. The Kier molecular flexibility index (Phi) is 3.48. The summed E-state index contributed by atoms with van der Waals surface area (Å²) in [5.74, 6) is 0. The van der Waals surface area contributed by atoms with Gasteiger partial charge in [-0.15, -0.1) is 0 Å². The van der Waals surface area contributed by atoms with Crippen molar-refractivity contribution in [2.45, 2.75) is 13.8 Å². The van der Waals surface area contributed by atoms with Crippen molar-refractivity contribution in [3.63, 3.8) is 0 Å². The molecular weight excluding hydrogens is 170 g/mol. The van der Waals surface area contributed by atoms with Crippen LogP contribution in [0.1, 0.15) is 12.5 Å². The zero-order valence-corrected chi connectivity index (χ0v) is 9.62. The lowest BCUT2D eigenvalue weighted by molar-refractivity contribution is 0.441. The van der Waals surface area contributed by atoms with Crippen LogP contribution < -0.4 is 4.48 Å². The van der Waals surface area contributed by atoms with Gasteiger partial charge in [0.1, 0.15) is 12.2 Å². The fourth-order valence-corrected chi connectivity index (χ4v) is 1.42. The summed E-state index contributed by atoms with van der Waals surface area (Å²) in [6.07, 6.45) is 4.31. The summed E-state index contributed by atoms with van der Waals surface area (Å²) in [7, 11) is 4.45. The molecule has 14 heavy (non-hydrogen) atoms. The van der Waals surface area contributed by atoms with Crippen molar-refractivity contribution in [1.29, 1.82) is 0 Å². The Bertz CT molecular complexity index is 307. The predicted molar refractivity (Wildman–Crippen MR) is 64.5 cm³/mol. The molecule has 76 valence electrons. The number of aryl methyl sites for hydroxylation is 1. The number of rotatable bonds is 3. The first-order chi connectivity index (χ1) is 6.56. The molecule has 0 bridgehead atoms. The normalized spacial score (nSPS) is 12.3. The molecule has 0 aromatic heterocycles. The molecule has 0 heterocycles. The van der Waals surface area contributed by atoms with Crippen molar-refractivity contribution in [1.82, 2.24) is 4.48 Å². The maximum atomic E-state index is 2.23. The molecule has 1 aromatic carbocycles. The number of allylic oxidation sites excluding steroid dienone is 1. The van der Waals surface area contributed by atoms with E-state index in [0.717, 1.165) is 11.0 Å².